The summed E-state index contributed by atoms with van der Waals surface area (Å²) in [6.45, 7) is 11.1. The van der Waals surface area contributed by atoms with Gasteiger partial charge in [-0.05, 0) is 42.9 Å². The van der Waals surface area contributed by atoms with Gasteiger partial charge >= 0.3 is 0 Å². The Kier molecular flexibility index (Phi) is 6.02. The molecule has 0 unspecified atom stereocenters. The van der Waals surface area contributed by atoms with Crippen molar-refractivity contribution in [3.8, 4) is 0 Å². The number of aromatic nitrogens is 2. The molecule has 1 heterocycles. The number of rotatable bonds is 7. The van der Waals surface area contributed by atoms with E-state index in [1.165, 1.54) is 0 Å². The van der Waals surface area contributed by atoms with E-state index in [-0.39, 0.29) is 11.8 Å². The zero-order chi connectivity index (χ0) is 13.7. The lowest BCUT2D eigenvalue weighted by molar-refractivity contribution is 0.0953. The number of halogens is 1. The summed E-state index contributed by atoms with van der Waals surface area (Å²) >= 11 is 3.41. The molecule has 0 atom stereocenters. The SMILES string of the molecule is CCN(CC)CCC(=O)c1c(Br)cnn1C(C)C. The van der Waals surface area contributed by atoms with Gasteiger partial charge in [-0.15, -0.1) is 0 Å². The molecule has 0 bridgehead atoms. The minimum absolute atomic E-state index is 0.153. The van der Waals surface area contributed by atoms with Crippen LogP contribution >= 0.6 is 15.9 Å². The average Bonchev–Trinajstić information content (AvgIpc) is 2.72. The van der Waals surface area contributed by atoms with Gasteiger partial charge in [-0.3, -0.25) is 9.48 Å². The molecule has 4 nitrogen and oxygen atoms in total. The van der Waals surface area contributed by atoms with Gasteiger partial charge in [-0.1, -0.05) is 13.8 Å². The number of carbonyl (C=O) groups excluding carboxylic acids is 1. The van der Waals surface area contributed by atoms with E-state index in [2.05, 4.69) is 39.8 Å². The average molecular weight is 316 g/mol. The predicted molar refractivity (Wildman–Crippen MR) is 77.0 cm³/mol. The van der Waals surface area contributed by atoms with Crippen LogP contribution in [-0.4, -0.2) is 40.1 Å². The summed E-state index contributed by atoms with van der Waals surface area (Å²) in [4.78, 5) is 14.5. The highest BCUT2D eigenvalue weighted by atomic mass is 79.9. The quantitative estimate of drug-likeness (QED) is 0.725. The molecule has 102 valence electrons. The number of carbonyl (C=O) groups is 1. The van der Waals surface area contributed by atoms with Crippen molar-refractivity contribution in [1.82, 2.24) is 14.7 Å². The van der Waals surface area contributed by atoms with E-state index in [1.807, 2.05) is 13.8 Å². The van der Waals surface area contributed by atoms with Crippen LogP contribution in [0.25, 0.3) is 0 Å². The number of Topliss-reactive ketones (excluding diaryl/α,β-unsaturated/α-hetero) is 1. The summed E-state index contributed by atoms with van der Waals surface area (Å²) in [5, 5.41) is 4.24. The first kappa shape index (κ1) is 15.4. The van der Waals surface area contributed by atoms with Crippen molar-refractivity contribution in [2.45, 2.75) is 40.2 Å². The standard InChI is InChI=1S/C13H22BrN3O/c1-5-16(6-2)8-7-12(18)13-11(14)9-15-17(13)10(3)4/h9-10H,5-8H2,1-4H3. The van der Waals surface area contributed by atoms with Crippen LogP contribution in [0.4, 0.5) is 0 Å². The fourth-order valence-electron chi connectivity index (χ4n) is 1.91. The highest BCUT2D eigenvalue weighted by Crippen LogP contribution is 2.21. The van der Waals surface area contributed by atoms with Gasteiger partial charge in [0.05, 0.1) is 10.7 Å². The lowest BCUT2D eigenvalue weighted by atomic mass is 10.2. The zero-order valence-electron chi connectivity index (χ0n) is 11.6. The van der Waals surface area contributed by atoms with Gasteiger partial charge in [0.1, 0.15) is 5.69 Å². The first-order valence-electron chi connectivity index (χ1n) is 6.49. The van der Waals surface area contributed by atoms with E-state index in [4.69, 9.17) is 0 Å². The Hall–Kier alpha value is -0.680. The Morgan fingerprint density at radius 2 is 2.06 bits per heavy atom. The van der Waals surface area contributed by atoms with Crippen LogP contribution in [0.5, 0.6) is 0 Å². The third-order valence-electron chi connectivity index (χ3n) is 3.05. The second-order valence-corrected chi connectivity index (χ2v) is 5.43. The fourth-order valence-corrected chi connectivity index (χ4v) is 2.41. The summed E-state index contributed by atoms with van der Waals surface area (Å²) in [5.74, 6) is 0.153. The summed E-state index contributed by atoms with van der Waals surface area (Å²) in [6, 6.07) is 0.198. The maximum absolute atomic E-state index is 12.3. The van der Waals surface area contributed by atoms with Crippen molar-refractivity contribution < 1.29 is 4.79 Å². The summed E-state index contributed by atoms with van der Waals surface area (Å²) in [7, 11) is 0. The van der Waals surface area contributed by atoms with Crippen LogP contribution in [0, 0.1) is 0 Å². The Labute approximate surface area is 117 Å². The smallest absolute Gasteiger partial charge is 0.183 e. The molecule has 0 aromatic carbocycles. The maximum atomic E-state index is 12.3. The molecule has 5 heteroatoms. The van der Waals surface area contributed by atoms with E-state index in [9.17, 15) is 4.79 Å². The van der Waals surface area contributed by atoms with E-state index in [0.717, 1.165) is 24.1 Å². The lowest BCUT2D eigenvalue weighted by Gasteiger charge is -2.17. The summed E-state index contributed by atoms with van der Waals surface area (Å²) in [5.41, 5.74) is 0.692. The second kappa shape index (κ2) is 7.04. The van der Waals surface area contributed by atoms with Crippen LogP contribution in [0.1, 0.15) is 50.6 Å². The molecule has 1 aromatic rings. The topological polar surface area (TPSA) is 38.1 Å². The normalized spacial score (nSPS) is 11.5. The van der Waals surface area contributed by atoms with Crippen LogP contribution in [0.2, 0.25) is 0 Å². The molecule has 0 radical (unpaired) electrons. The molecule has 0 aliphatic rings. The fraction of sp³-hybridized carbons (Fsp3) is 0.692. The number of hydrogen-bond acceptors (Lipinski definition) is 3. The molecular weight excluding hydrogens is 294 g/mol. The van der Waals surface area contributed by atoms with Crippen molar-refractivity contribution in [2.75, 3.05) is 19.6 Å². The van der Waals surface area contributed by atoms with Gasteiger partial charge in [0.2, 0.25) is 0 Å². The Morgan fingerprint density at radius 1 is 1.44 bits per heavy atom. The van der Waals surface area contributed by atoms with Gasteiger partial charge in [0, 0.05) is 19.0 Å². The van der Waals surface area contributed by atoms with E-state index >= 15 is 0 Å². The van der Waals surface area contributed by atoms with Gasteiger partial charge in [0.15, 0.2) is 5.78 Å². The zero-order valence-corrected chi connectivity index (χ0v) is 13.2. The van der Waals surface area contributed by atoms with Crippen LogP contribution in [0.15, 0.2) is 10.7 Å². The predicted octanol–water partition coefficient (Wildman–Crippen LogP) is 3.14. The minimum Gasteiger partial charge on any atom is -0.303 e. The van der Waals surface area contributed by atoms with Crippen molar-refractivity contribution in [2.24, 2.45) is 0 Å². The molecule has 0 fully saturated rings. The van der Waals surface area contributed by atoms with E-state index in [0.29, 0.717) is 12.1 Å². The first-order chi connectivity index (χ1) is 8.51. The monoisotopic (exact) mass is 315 g/mol. The third kappa shape index (κ3) is 3.65. The van der Waals surface area contributed by atoms with Crippen LogP contribution in [-0.2, 0) is 0 Å². The maximum Gasteiger partial charge on any atom is 0.183 e. The highest BCUT2D eigenvalue weighted by Gasteiger charge is 2.18. The van der Waals surface area contributed by atoms with Crippen LogP contribution < -0.4 is 0 Å². The molecule has 0 amide bonds. The van der Waals surface area contributed by atoms with Gasteiger partial charge in [-0.25, -0.2) is 0 Å². The van der Waals surface area contributed by atoms with Crippen molar-refractivity contribution >= 4 is 21.7 Å². The second-order valence-electron chi connectivity index (χ2n) is 4.58. The van der Waals surface area contributed by atoms with Gasteiger partial charge in [0.25, 0.3) is 0 Å². The lowest BCUT2D eigenvalue weighted by Crippen LogP contribution is -2.26. The molecule has 0 spiro atoms. The molecule has 18 heavy (non-hydrogen) atoms. The molecule has 0 aliphatic heterocycles. The first-order valence-corrected chi connectivity index (χ1v) is 7.29. The number of nitrogens with zero attached hydrogens (tertiary/aromatic N) is 3. The molecule has 1 rings (SSSR count). The molecule has 1 aromatic heterocycles. The van der Waals surface area contributed by atoms with Gasteiger partial charge in [-0.2, -0.15) is 5.10 Å². The Bertz CT molecular complexity index is 397. The third-order valence-corrected chi connectivity index (χ3v) is 3.63. The van der Waals surface area contributed by atoms with Gasteiger partial charge < -0.3 is 4.90 Å². The van der Waals surface area contributed by atoms with E-state index in [1.54, 1.807) is 10.9 Å². The van der Waals surface area contributed by atoms with Crippen LogP contribution in [0.3, 0.4) is 0 Å². The summed E-state index contributed by atoms with van der Waals surface area (Å²) < 4.78 is 2.58. The highest BCUT2D eigenvalue weighted by molar-refractivity contribution is 9.10. The molecule has 0 saturated heterocycles. The molecule has 0 saturated carbocycles. The largest absolute Gasteiger partial charge is 0.303 e. The van der Waals surface area contributed by atoms with Crippen molar-refractivity contribution in [1.29, 1.82) is 0 Å². The van der Waals surface area contributed by atoms with Crippen molar-refractivity contribution in [3.63, 3.8) is 0 Å². The molecular formula is C13H22BrN3O. The molecule has 0 aliphatic carbocycles. The van der Waals surface area contributed by atoms with E-state index < -0.39 is 0 Å². The number of hydrogen-bond donors (Lipinski definition) is 0. The molecule has 0 N–H and O–H groups in total. The number of ketones is 1. The minimum atomic E-state index is 0.153. The Balaban J connectivity index is 2.75. The Morgan fingerprint density at radius 3 is 2.56 bits per heavy atom. The van der Waals surface area contributed by atoms with Crippen molar-refractivity contribution in [3.05, 3.63) is 16.4 Å². The summed E-state index contributed by atoms with van der Waals surface area (Å²) in [6.07, 6.45) is 2.24.